The van der Waals surface area contributed by atoms with Gasteiger partial charge in [0.05, 0.1) is 0 Å². The lowest BCUT2D eigenvalue weighted by molar-refractivity contribution is -0.688. The van der Waals surface area contributed by atoms with E-state index in [1.54, 1.807) is 24.4 Å². The maximum atomic E-state index is 10.3. The molecule has 0 atom stereocenters. The summed E-state index contributed by atoms with van der Waals surface area (Å²) in [5.41, 5.74) is 0.569. The van der Waals surface area contributed by atoms with Gasteiger partial charge in [0, 0.05) is 12.1 Å². The van der Waals surface area contributed by atoms with Crippen LogP contribution in [0.3, 0.4) is 0 Å². The summed E-state index contributed by atoms with van der Waals surface area (Å²) in [6, 6.07) is 5.21. The van der Waals surface area contributed by atoms with Gasteiger partial charge in [-0.3, -0.25) is 0 Å². The Morgan fingerprint density at radius 3 is 3.00 bits per heavy atom. The molecule has 1 rings (SSSR count). The van der Waals surface area contributed by atoms with Gasteiger partial charge in [-0.25, -0.2) is 4.79 Å². The number of aliphatic carboxylic acids is 1. The number of aromatic nitrogens is 1. The average Bonchev–Trinajstić information content (AvgIpc) is 2.04. The molecule has 0 spiro atoms. The Kier molecular flexibility index (Phi) is 2.44. The molecule has 0 saturated carbocycles. The Balaban J connectivity index is 2.99. The zero-order chi connectivity index (χ0) is 8.97. The minimum atomic E-state index is -0.900. The summed E-state index contributed by atoms with van der Waals surface area (Å²) in [5, 5.41) is 8.50. The third-order valence-electron chi connectivity index (χ3n) is 1.39. The Bertz CT molecular complexity index is 339. The lowest BCUT2D eigenvalue weighted by Crippen LogP contribution is -2.40. The van der Waals surface area contributed by atoms with Crippen molar-refractivity contribution < 1.29 is 14.5 Å². The van der Waals surface area contributed by atoms with Crippen molar-refractivity contribution in [2.75, 3.05) is 0 Å². The maximum Gasteiger partial charge on any atom is 0.370 e. The first-order chi connectivity index (χ1) is 5.74. The molecule has 0 radical (unpaired) electrons. The zero-order valence-electron chi connectivity index (χ0n) is 6.40. The lowest BCUT2D eigenvalue weighted by Gasteiger charge is -1.93. The SMILES string of the molecule is C#Cc1cccc[n+]1CC(=O)O. The van der Waals surface area contributed by atoms with Gasteiger partial charge in [0.2, 0.25) is 6.54 Å². The molecule has 12 heavy (non-hydrogen) atoms. The van der Waals surface area contributed by atoms with E-state index >= 15 is 0 Å². The molecule has 1 aromatic heterocycles. The normalized spacial score (nSPS) is 8.92. The Morgan fingerprint density at radius 1 is 1.67 bits per heavy atom. The van der Waals surface area contributed by atoms with Gasteiger partial charge in [0.1, 0.15) is 0 Å². The van der Waals surface area contributed by atoms with Crippen molar-refractivity contribution in [3.05, 3.63) is 30.1 Å². The van der Waals surface area contributed by atoms with Gasteiger partial charge in [0.15, 0.2) is 6.20 Å². The van der Waals surface area contributed by atoms with Gasteiger partial charge >= 0.3 is 5.97 Å². The molecule has 1 aromatic rings. The first-order valence-electron chi connectivity index (χ1n) is 3.41. The Labute approximate surface area is 70.3 Å². The van der Waals surface area contributed by atoms with E-state index in [9.17, 15) is 4.79 Å². The number of pyridine rings is 1. The van der Waals surface area contributed by atoms with E-state index in [4.69, 9.17) is 11.5 Å². The van der Waals surface area contributed by atoms with Crippen molar-refractivity contribution >= 4 is 5.97 Å². The van der Waals surface area contributed by atoms with Gasteiger partial charge in [-0.1, -0.05) is 0 Å². The minimum absolute atomic E-state index is 0.0969. The topological polar surface area (TPSA) is 41.2 Å². The predicted molar refractivity (Wildman–Crippen MR) is 42.2 cm³/mol. The number of carboxylic acids is 1. The Morgan fingerprint density at radius 2 is 2.42 bits per heavy atom. The molecule has 0 aliphatic rings. The van der Waals surface area contributed by atoms with E-state index in [2.05, 4.69) is 5.92 Å². The third-order valence-corrected chi connectivity index (χ3v) is 1.39. The monoisotopic (exact) mass is 162 g/mol. The van der Waals surface area contributed by atoms with Crippen molar-refractivity contribution in [2.24, 2.45) is 0 Å². The summed E-state index contributed by atoms with van der Waals surface area (Å²) >= 11 is 0. The smallest absolute Gasteiger partial charge is 0.370 e. The number of nitrogens with zero attached hydrogens (tertiary/aromatic N) is 1. The van der Waals surface area contributed by atoms with Gasteiger partial charge in [-0.2, -0.15) is 4.57 Å². The molecule has 0 amide bonds. The zero-order valence-corrected chi connectivity index (χ0v) is 6.40. The summed E-state index contributed by atoms with van der Waals surface area (Å²) < 4.78 is 1.50. The maximum absolute atomic E-state index is 10.3. The first-order valence-corrected chi connectivity index (χ1v) is 3.41. The standard InChI is InChI=1S/C9H7NO2/c1-2-8-5-3-4-6-10(8)7-9(11)12/h1,3-6H,7H2/p+1. The Hall–Kier alpha value is -1.82. The molecule has 0 aromatic carbocycles. The third kappa shape index (κ3) is 1.83. The molecule has 0 bridgehead atoms. The van der Waals surface area contributed by atoms with Crippen LogP contribution >= 0.6 is 0 Å². The van der Waals surface area contributed by atoms with Crippen LogP contribution in [0, 0.1) is 12.3 Å². The van der Waals surface area contributed by atoms with Crippen LogP contribution < -0.4 is 4.57 Å². The van der Waals surface area contributed by atoms with Crippen LogP contribution in [-0.4, -0.2) is 11.1 Å². The summed E-state index contributed by atoms with van der Waals surface area (Å²) in [6.07, 6.45) is 6.80. The average molecular weight is 162 g/mol. The van der Waals surface area contributed by atoms with Crippen LogP contribution in [0.25, 0.3) is 0 Å². The van der Waals surface area contributed by atoms with E-state index in [1.165, 1.54) is 4.57 Å². The molecule has 1 heterocycles. The van der Waals surface area contributed by atoms with Gasteiger partial charge in [-0.15, -0.1) is 6.42 Å². The number of hydrogen-bond acceptors (Lipinski definition) is 1. The highest BCUT2D eigenvalue weighted by Crippen LogP contribution is 1.87. The predicted octanol–water partition coefficient (Wildman–Crippen LogP) is 0.0400. The van der Waals surface area contributed by atoms with Crippen molar-refractivity contribution in [1.29, 1.82) is 0 Å². The molecule has 0 aliphatic heterocycles. The molecule has 60 valence electrons. The van der Waals surface area contributed by atoms with Gasteiger partial charge in [-0.05, 0) is 12.0 Å². The summed E-state index contributed by atoms with van der Waals surface area (Å²) in [4.78, 5) is 10.3. The highest BCUT2D eigenvalue weighted by atomic mass is 16.4. The summed E-state index contributed by atoms with van der Waals surface area (Å²) in [7, 11) is 0. The molecule has 3 nitrogen and oxygen atoms in total. The first kappa shape index (κ1) is 8.28. The van der Waals surface area contributed by atoms with Crippen molar-refractivity contribution in [3.8, 4) is 12.3 Å². The second-order valence-electron chi connectivity index (χ2n) is 2.25. The molecule has 0 saturated heterocycles. The van der Waals surface area contributed by atoms with E-state index in [1.807, 2.05) is 0 Å². The summed E-state index contributed by atoms with van der Waals surface area (Å²) in [6.45, 7) is -0.0969. The van der Waals surface area contributed by atoms with Crippen LogP contribution in [0.2, 0.25) is 0 Å². The van der Waals surface area contributed by atoms with Gasteiger partial charge < -0.3 is 5.11 Å². The summed E-state index contributed by atoms with van der Waals surface area (Å²) in [5.74, 6) is 1.50. The second kappa shape index (κ2) is 3.54. The largest absolute Gasteiger partial charge is 0.477 e. The fourth-order valence-corrected chi connectivity index (χ4v) is 0.891. The molecule has 0 fully saturated rings. The lowest BCUT2D eigenvalue weighted by atomic mass is 10.3. The van der Waals surface area contributed by atoms with E-state index in [0.29, 0.717) is 5.69 Å². The van der Waals surface area contributed by atoms with Crippen molar-refractivity contribution in [3.63, 3.8) is 0 Å². The quantitative estimate of drug-likeness (QED) is 0.492. The fraction of sp³-hybridized carbons (Fsp3) is 0.111. The number of hydrogen-bond donors (Lipinski definition) is 1. The van der Waals surface area contributed by atoms with Crippen LogP contribution in [0.15, 0.2) is 24.4 Å². The molecule has 0 unspecified atom stereocenters. The number of rotatable bonds is 2. The highest BCUT2D eigenvalue weighted by Gasteiger charge is 2.10. The van der Waals surface area contributed by atoms with Crippen molar-refractivity contribution in [2.45, 2.75) is 6.54 Å². The molecular weight excluding hydrogens is 154 g/mol. The van der Waals surface area contributed by atoms with Crippen LogP contribution in [0.4, 0.5) is 0 Å². The number of terminal acetylenes is 1. The van der Waals surface area contributed by atoms with E-state index in [0.717, 1.165) is 0 Å². The van der Waals surface area contributed by atoms with Crippen LogP contribution in [-0.2, 0) is 11.3 Å². The minimum Gasteiger partial charge on any atom is -0.477 e. The van der Waals surface area contributed by atoms with Crippen LogP contribution in [0.1, 0.15) is 5.69 Å². The fourth-order valence-electron chi connectivity index (χ4n) is 0.891. The van der Waals surface area contributed by atoms with E-state index in [-0.39, 0.29) is 6.54 Å². The van der Waals surface area contributed by atoms with Crippen LogP contribution in [0.5, 0.6) is 0 Å². The van der Waals surface area contributed by atoms with E-state index < -0.39 is 5.97 Å². The van der Waals surface area contributed by atoms with Gasteiger partial charge in [0.25, 0.3) is 5.69 Å². The van der Waals surface area contributed by atoms with Crippen molar-refractivity contribution in [1.82, 2.24) is 0 Å². The second-order valence-corrected chi connectivity index (χ2v) is 2.25. The molecule has 1 N–H and O–H groups in total. The molecular formula is C9H8NO2+. The number of carboxylic acid groups (broad SMARTS) is 1. The number of carbonyl (C=O) groups is 1. The molecule has 3 heteroatoms. The molecule has 0 aliphatic carbocycles. The highest BCUT2D eigenvalue weighted by molar-refractivity contribution is 5.64.